The van der Waals surface area contributed by atoms with Crippen molar-refractivity contribution < 1.29 is 19.0 Å². The van der Waals surface area contributed by atoms with Crippen LogP contribution >= 0.6 is 0 Å². The second-order valence-electron chi connectivity index (χ2n) is 8.64. The van der Waals surface area contributed by atoms with Crippen LogP contribution in [-0.4, -0.2) is 44.1 Å². The summed E-state index contributed by atoms with van der Waals surface area (Å²) in [5.41, 5.74) is 0.951. The lowest BCUT2D eigenvalue weighted by Crippen LogP contribution is -2.39. The van der Waals surface area contributed by atoms with Crippen molar-refractivity contribution in [3.8, 4) is 11.5 Å². The number of hydrogen-bond donors (Lipinski definition) is 0. The summed E-state index contributed by atoms with van der Waals surface area (Å²) in [5, 5.41) is 4.49. The molecule has 184 valence electrons. The summed E-state index contributed by atoms with van der Waals surface area (Å²) in [6, 6.07) is 7.07. The second kappa shape index (κ2) is 10.7. The van der Waals surface area contributed by atoms with E-state index in [9.17, 15) is 9.59 Å². The highest BCUT2D eigenvalue weighted by Crippen LogP contribution is 2.23. The predicted molar refractivity (Wildman–Crippen MR) is 129 cm³/mol. The van der Waals surface area contributed by atoms with Gasteiger partial charge in [-0.3, -0.25) is 14.0 Å². The maximum absolute atomic E-state index is 13.1. The Morgan fingerprint density at radius 1 is 1.12 bits per heavy atom. The molecule has 0 atom stereocenters. The minimum absolute atomic E-state index is 0.0782. The summed E-state index contributed by atoms with van der Waals surface area (Å²) >= 11 is 0. The minimum Gasteiger partial charge on any atom is -0.494 e. The lowest BCUT2D eigenvalue weighted by atomic mass is 10.1. The van der Waals surface area contributed by atoms with Gasteiger partial charge in [0.15, 0.2) is 11.1 Å². The Bertz CT molecular complexity index is 1190. The number of rotatable bonds is 11. The molecule has 34 heavy (non-hydrogen) atoms. The monoisotopic (exact) mass is 470 g/mol. The van der Waals surface area contributed by atoms with Gasteiger partial charge in [0.25, 0.3) is 5.56 Å². The number of carbonyl (C=O) groups is 1. The molecule has 0 amide bonds. The van der Waals surface area contributed by atoms with Gasteiger partial charge in [-0.15, -0.1) is 0 Å². The van der Waals surface area contributed by atoms with Crippen LogP contribution in [0.25, 0.3) is 11.0 Å². The van der Waals surface area contributed by atoms with E-state index in [2.05, 4.69) is 17.0 Å². The van der Waals surface area contributed by atoms with Crippen molar-refractivity contribution >= 4 is 17.0 Å². The van der Waals surface area contributed by atoms with Gasteiger partial charge in [0.2, 0.25) is 0 Å². The first-order valence-electron chi connectivity index (χ1n) is 11.7. The molecule has 2 heterocycles. The van der Waals surface area contributed by atoms with Crippen LogP contribution in [0.4, 0.5) is 0 Å². The zero-order chi connectivity index (χ0) is 24.9. The van der Waals surface area contributed by atoms with Gasteiger partial charge < -0.3 is 14.2 Å². The fraction of sp³-hybridized carbons (Fsp3) is 0.520. The summed E-state index contributed by atoms with van der Waals surface area (Å²) in [6.45, 7) is 10.3. The summed E-state index contributed by atoms with van der Waals surface area (Å²) in [7, 11) is 1.79. The van der Waals surface area contributed by atoms with Crippen LogP contribution in [0.1, 0.15) is 52.1 Å². The van der Waals surface area contributed by atoms with Crippen molar-refractivity contribution in [2.75, 3.05) is 13.2 Å². The number of ether oxygens (including phenoxy) is 3. The molecule has 0 unspecified atom stereocenters. The zero-order valence-corrected chi connectivity index (χ0v) is 20.9. The molecule has 0 aliphatic heterocycles. The Balaban J connectivity index is 1.59. The van der Waals surface area contributed by atoms with Crippen LogP contribution in [0.2, 0.25) is 0 Å². The number of nitrogens with zero attached hydrogens (tertiary/aromatic N) is 4. The Morgan fingerprint density at radius 3 is 2.44 bits per heavy atom. The standard InChI is InChI=1S/C25H34N4O5/c1-7-10-20-21-22(28(6)27-20)23(30)29(17(3)26-21)15-9-16-33-18-11-13-19(14-12-18)34-25(4,5)24(31)32-8-2/h11-14H,7-10,15-16H2,1-6H3. The molecule has 0 fully saturated rings. The van der Waals surface area contributed by atoms with Crippen molar-refractivity contribution in [3.63, 3.8) is 0 Å². The van der Waals surface area contributed by atoms with Gasteiger partial charge >= 0.3 is 5.97 Å². The number of esters is 1. The number of carbonyl (C=O) groups excluding carboxylic acids is 1. The molecule has 0 aliphatic carbocycles. The molecule has 2 aromatic heterocycles. The molecule has 3 rings (SSSR count). The molecule has 9 heteroatoms. The zero-order valence-electron chi connectivity index (χ0n) is 20.9. The first-order chi connectivity index (χ1) is 16.2. The quantitative estimate of drug-likeness (QED) is 0.312. The van der Waals surface area contributed by atoms with Gasteiger partial charge in [-0.05, 0) is 64.8 Å². The normalized spacial score (nSPS) is 11.6. The first kappa shape index (κ1) is 25.3. The van der Waals surface area contributed by atoms with Gasteiger partial charge in [-0.2, -0.15) is 5.10 Å². The van der Waals surface area contributed by atoms with E-state index in [0.717, 1.165) is 18.5 Å². The first-order valence-corrected chi connectivity index (χ1v) is 11.7. The number of aromatic nitrogens is 4. The van der Waals surface area contributed by atoms with Crippen LogP contribution in [0, 0.1) is 6.92 Å². The molecular weight excluding hydrogens is 436 g/mol. The fourth-order valence-corrected chi connectivity index (χ4v) is 3.75. The molecule has 0 saturated carbocycles. The average Bonchev–Trinajstić information content (AvgIpc) is 3.09. The molecule has 1 aromatic carbocycles. The molecule has 3 aromatic rings. The Hall–Kier alpha value is -3.36. The highest BCUT2D eigenvalue weighted by molar-refractivity contribution is 5.79. The molecule has 0 saturated heterocycles. The third kappa shape index (κ3) is 5.58. The van der Waals surface area contributed by atoms with E-state index in [-0.39, 0.29) is 5.56 Å². The summed E-state index contributed by atoms with van der Waals surface area (Å²) in [4.78, 5) is 29.7. The minimum atomic E-state index is -1.08. The molecule has 0 spiro atoms. The summed E-state index contributed by atoms with van der Waals surface area (Å²) in [5.74, 6) is 1.48. The number of aryl methyl sites for hydroxylation is 3. The largest absolute Gasteiger partial charge is 0.494 e. The SMILES string of the molecule is CCCc1nn(C)c2c(=O)n(CCCOc3ccc(OC(C)(C)C(=O)OCC)cc3)c(C)nc12. The third-order valence-corrected chi connectivity index (χ3v) is 5.45. The Labute approximate surface area is 199 Å². The van der Waals surface area contributed by atoms with Gasteiger partial charge in [-0.1, -0.05) is 13.3 Å². The van der Waals surface area contributed by atoms with E-state index >= 15 is 0 Å². The van der Waals surface area contributed by atoms with Crippen molar-refractivity contribution in [3.05, 3.63) is 46.1 Å². The second-order valence-corrected chi connectivity index (χ2v) is 8.64. The highest BCUT2D eigenvalue weighted by atomic mass is 16.6. The van der Waals surface area contributed by atoms with E-state index in [1.165, 1.54) is 0 Å². The van der Waals surface area contributed by atoms with Gasteiger partial charge in [0.05, 0.1) is 18.9 Å². The fourth-order valence-electron chi connectivity index (χ4n) is 3.75. The van der Waals surface area contributed by atoms with Gasteiger partial charge in [0.1, 0.15) is 22.8 Å². The molecule has 0 aliphatic rings. The van der Waals surface area contributed by atoms with E-state index < -0.39 is 11.6 Å². The van der Waals surface area contributed by atoms with Crippen LogP contribution in [0.3, 0.4) is 0 Å². The van der Waals surface area contributed by atoms with Crippen LogP contribution in [0.5, 0.6) is 11.5 Å². The maximum Gasteiger partial charge on any atom is 0.349 e. The Morgan fingerprint density at radius 2 is 1.79 bits per heavy atom. The Kier molecular flexibility index (Phi) is 7.96. The van der Waals surface area contributed by atoms with Crippen LogP contribution in [-0.2, 0) is 29.5 Å². The van der Waals surface area contributed by atoms with Gasteiger partial charge in [-0.25, -0.2) is 9.78 Å². The highest BCUT2D eigenvalue weighted by Gasteiger charge is 2.31. The van der Waals surface area contributed by atoms with Crippen molar-refractivity contribution in [1.82, 2.24) is 19.3 Å². The summed E-state index contributed by atoms with van der Waals surface area (Å²) < 4.78 is 19.9. The van der Waals surface area contributed by atoms with E-state index in [0.29, 0.717) is 54.5 Å². The van der Waals surface area contributed by atoms with Crippen LogP contribution in [0.15, 0.2) is 29.1 Å². The predicted octanol–water partition coefficient (Wildman–Crippen LogP) is 3.58. The molecule has 0 N–H and O–H groups in total. The maximum atomic E-state index is 13.1. The van der Waals surface area contributed by atoms with Crippen molar-refractivity contribution in [1.29, 1.82) is 0 Å². The topological polar surface area (TPSA) is 97.5 Å². The van der Waals surface area contributed by atoms with E-state index in [1.54, 1.807) is 61.3 Å². The lowest BCUT2D eigenvalue weighted by Gasteiger charge is -2.24. The molecule has 9 nitrogen and oxygen atoms in total. The summed E-state index contributed by atoms with van der Waals surface area (Å²) in [6.07, 6.45) is 2.39. The smallest absolute Gasteiger partial charge is 0.349 e. The number of fused-ring (bicyclic) bond motifs is 1. The molecule has 0 radical (unpaired) electrons. The molecule has 0 bridgehead atoms. The van der Waals surface area contributed by atoms with Crippen molar-refractivity contribution in [2.45, 2.75) is 66.0 Å². The average molecular weight is 471 g/mol. The molecular formula is C25H34N4O5. The number of hydrogen-bond acceptors (Lipinski definition) is 7. The van der Waals surface area contributed by atoms with E-state index in [1.807, 2.05) is 6.92 Å². The van der Waals surface area contributed by atoms with Gasteiger partial charge in [0, 0.05) is 13.6 Å². The number of benzene rings is 1. The lowest BCUT2D eigenvalue weighted by molar-refractivity contribution is -0.158. The third-order valence-electron chi connectivity index (χ3n) is 5.45. The van der Waals surface area contributed by atoms with Crippen LogP contribution < -0.4 is 15.0 Å². The van der Waals surface area contributed by atoms with Crippen molar-refractivity contribution in [2.24, 2.45) is 7.05 Å². The van der Waals surface area contributed by atoms with E-state index in [4.69, 9.17) is 14.2 Å².